The van der Waals surface area contributed by atoms with E-state index in [2.05, 4.69) is 10.6 Å². The van der Waals surface area contributed by atoms with E-state index < -0.39 is 6.10 Å². The number of carbonyl (C=O) groups excluding carboxylic acids is 1. The Kier molecular flexibility index (Phi) is 4.71. The highest BCUT2D eigenvalue weighted by Gasteiger charge is 2.25. The first-order chi connectivity index (χ1) is 10.6. The Morgan fingerprint density at radius 1 is 1.36 bits per heavy atom. The van der Waals surface area contributed by atoms with Crippen molar-refractivity contribution < 1.29 is 19.4 Å². The fourth-order valence-corrected chi connectivity index (χ4v) is 2.97. The number of fused-ring (bicyclic) bond motifs is 1. The van der Waals surface area contributed by atoms with Crippen molar-refractivity contribution >= 4 is 17.5 Å². The largest absolute Gasteiger partial charge is 0.486 e. The summed E-state index contributed by atoms with van der Waals surface area (Å²) in [5.74, 6) is 1.08. The van der Waals surface area contributed by atoms with Crippen molar-refractivity contribution in [2.75, 3.05) is 32.8 Å². The highest BCUT2D eigenvalue weighted by atomic mass is 35.5. The van der Waals surface area contributed by atoms with Crippen molar-refractivity contribution in [1.82, 2.24) is 10.6 Å². The van der Waals surface area contributed by atoms with Crippen LogP contribution in [0.2, 0.25) is 5.02 Å². The lowest BCUT2D eigenvalue weighted by Gasteiger charge is -2.20. The molecule has 0 aromatic heterocycles. The number of carbonyl (C=O) groups is 1. The molecule has 2 heterocycles. The van der Waals surface area contributed by atoms with Gasteiger partial charge in [0.2, 0.25) is 5.91 Å². The highest BCUT2D eigenvalue weighted by molar-refractivity contribution is 6.32. The second-order valence-corrected chi connectivity index (χ2v) is 5.98. The van der Waals surface area contributed by atoms with Crippen molar-refractivity contribution in [3.05, 3.63) is 22.7 Å². The van der Waals surface area contributed by atoms with Gasteiger partial charge in [0.05, 0.1) is 17.5 Å². The van der Waals surface area contributed by atoms with Gasteiger partial charge in [0, 0.05) is 25.6 Å². The van der Waals surface area contributed by atoms with Crippen LogP contribution >= 0.6 is 11.6 Å². The standard InChI is InChI=1S/C15H19ClN2O4/c16-11-3-9(4-13-15(11)22-2-1-21-13)5-14(20)18-7-10-6-17-8-12(10)19/h3-4,10,12,17,19H,1-2,5-8H2,(H,18,20). The Morgan fingerprint density at radius 2 is 2.18 bits per heavy atom. The van der Waals surface area contributed by atoms with E-state index in [1.165, 1.54) is 0 Å². The second kappa shape index (κ2) is 6.73. The molecule has 0 saturated carbocycles. The third kappa shape index (κ3) is 3.45. The van der Waals surface area contributed by atoms with Gasteiger partial charge in [0.25, 0.3) is 0 Å². The number of amides is 1. The van der Waals surface area contributed by atoms with Gasteiger partial charge >= 0.3 is 0 Å². The zero-order valence-corrected chi connectivity index (χ0v) is 12.9. The smallest absolute Gasteiger partial charge is 0.224 e. The monoisotopic (exact) mass is 326 g/mol. The summed E-state index contributed by atoms with van der Waals surface area (Å²) in [7, 11) is 0. The number of hydrogen-bond donors (Lipinski definition) is 3. The fraction of sp³-hybridized carbons (Fsp3) is 0.533. The van der Waals surface area contributed by atoms with E-state index in [9.17, 15) is 9.90 Å². The normalized spacial score (nSPS) is 23.4. The Labute approximate surface area is 133 Å². The van der Waals surface area contributed by atoms with Gasteiger partial charge < -0.3 is 25.2 Å². The topological polar surface area (TPSA) is 79.8 Å². The van der Waals surface area contributed by atoms with Crippen molar-refractivity contribution in [2.24, 2.45) is 5.92 Å². The molecule has 3 N–H and O–H groups in total. The quantitative estimate of drug-likeness (QED) is 0.744. The van der Waals surface area contributed by atoms with Gasteiger partial charge in [-0.1, -0.05) is 11.6 Å². The van der Waals surface area contributed by atoms with Crippen molar-refractivity contribution in [1.29, 1.82) is 0 Å². The Hall–Kier alpha value is -1.50. The molecule has 0 spiro atoms. The molecule has 120 valence electrons. The summed E-state index contributed by atoms with van der Waals surface area (Å²) >= 11 is 6.15. The predicted octanol–water partition coefficient (Wildman–Crippen LogP) is 0.350. The molecule has 2 unspecified atom stereocenters. The van der Waals surface area contributed by atoms with Crippen LogP contribution in [-0.4, -0.2) is 50.0 Å². The Balaban J connectivity index is 1.58. The lowest BCUT2D eigenvalue weighted by atomic mass is 10.1. The molecule has 1 aromatic carbocycles. The van der Waals surface area contributed by atoms with E-state index in [1.54, 1.807) is 12.1 Å². The minimum atomic E-state index is -0.399. The van der Waals surface area contributed by atoms with Crippen LogP contribution in [0.5, 0.6) is 11.5 Å². The van der Waals surface area contributed by atoms with Crippen molar-refractivity contribution in [3.63, 3.8) is 0 Å². The van der Waals surface area contributed by atoms with Crippen LogP contribution in [0.15, 0.2) is 12.1 Å². The van der Waals surface area contributed by atoms with Crippen molar-refractivity contribution in [2.45, 2.75) is 12.5 Å². The van der Waals surface area contributed by atoms with Gasteiger partial charge in [-0.05, 0) is 17.7 Å². The van der Waals surface area contributed by atoms with Crippen LogP contribution in [0.25, 0.3) is 0 Å². The molecule has 1 aromatic rings. The van der Waals surface area contributed by atoms with Crippen LogP contribution in [-0.2, 0) is 11.2 Å². The van der Waals surface area contributed by atoms with Crippen LogP contribution in [0.4, 0.5) is 0 Å². The molecule has 6 nitrogen and oxygen atoms in total. The first kappa shape index (κ1) is 15.4. The van der Waals surface area contributed by atoms with Gasteiger partial charge in [-0.15, -0.1) is 0 Å². The molecular formula is C15H19ClN2O4. The van der Waals surface area contributed by atoms with Crippen LogP contribution < -0.4 is 20.1 Å². The maximum Gasteiger partial charge on any atom is 0.224 e. The number of aliphatic hydroxyl groups is 1. The molecule has 1 amide bonds. The number of ether oxygens (including phenoxy) is 2. The molecule has 22 heavy (non-hydrogen) atoms. The molecule has 1 saturated heterocycles. The fourth-order valence-electron chi connectivity index (χ4n) is 2.69. The van der Waals surface area contributed by atoms with Gasteiger partial charge in [-0.3, -0.25) is 4.79 Å². The number of halogens is 1. The van der Waals surface area contributed by atoms with E-state index >= 15 is 0 Å². The van der Waals surface area contributed by atoms with Crippen LogP contribution in [0, 0.1) is 5.92 Å². The number of rotatable bonds is 4. The SMILES string of the molecule is O=C(Cc1cc(Cl)c2c(c1)OCCO2)NCC1CNCC1O. The molecule has 2 aliphatic rings. The number of hydrogen-bond acceptors (Lipinski definition) is 5. The van der Waals surface area contributed by atoms with E-state index in [-0.39, 0.29) is 18.2 Å². The van der Waals surface area contributed by atoms with Crippen LogP contribution in [0.1, 0.15) is 5.56 Å². The molecular weight excluding hydrogens is 308 g/mol. The van der Waals surface area contributed by atoms with E-state index in [0.717, 1.165) is 12.1 Å². The summed E-state index contributed by atoms with van der Waals surface area (Å²) in [6, 6.07) is 3.51. The van der Waals surface area contributed by atoms with Crippen LogP contribution in [0.3, 0.4) is 0 Å². The molecule has 0 bridgehead atoms. The maximum absolute atomic E-state index is 12.0. The summed E-state index contributed by atoms with van der Waals surface area (Å²) in [6.45, 7) is 2.72. The minimum Gasteiger partial charge on any atom is -0.486 e. The van der Waals surface area contributed by atoms with Crippen molar-refractivity contribution in [3.8, 4) is 11.5 Å². The van der Waals surface area contributed by atoms with E-state index in [0.29, 0.717) is 42.8 Å². The van der Waals surface area contributed by atoms with Gasteiger partial charge in [-0.25, -0.2) is 0 Å². The van der Waals surface area contributed by atoms with Gasteiger partial charge in [0.15, 0.2) is 11.5 Å². The maximum atomic E-state index is 12.0. The van der Waals surface area contributed by atoms with Gasteiger partial charge in [-0.2, -0.15) is 0 Å². The number of aliphatic hydroxyl groups excluding tert-OH is 1. The molecule has 0 aliphatic carbocycles. The summed E-state index contributed by atoms with van der Waals surface area (Å²) in [4.78, 5) is 12.0. The van der Waals surface area contributed by atoms with E-state index in [4.69, 9.17) is 21.1 Å². The highest BCUT2D eigenvalue weighted by Crippen LogP contribution is 2.38. The van der Waals surface area contributed by atoms with Gasteiger partial charge in [0.1, 0.15) is 13.2 Å². The molecule has 3 rings (SSSR count). The summed E-state index contributed by atoms with van der Waals surface area (Å²) < 4.78 is 10.9. The molecule has 1 fully saturated rings. The number of nitrogens with one attached hydrogen (secondary N) is 2. The summed E-state index contributed by atoms with van der Waals surface area (Å²) in [5, 5.41) is 16.1. The molecule has 2 aliphatic heterocycles. The molecule has 0 radical (unpaired) electrons. The lowest BCUT2D eigenvalue weighted by Crippen LogP contribution is -2.35. The minimum absolute atomic E-state index is 0.0628. The van der Waals surface area contributed by atoms with E-state index in [1.807, 2.05) is 0 Å². The Morgan fingerprint density at radius 3 is 2.95 bits per heavy atom. The first-order valence-corrected chi connectivity index (χ1v) is 7.75. The first-order valence-electron chi connectivity index (χ1n) is 7.37. The zero-order chi connectivity index (χ0) is 15.5. The summed E-state index contributed by atoms with van der Waals surface area (Å²) in [6.07, 6.45) is -0.184. The lowest BCUT2D eigenvalue weighted by molar-refractivity contribution is -0.120. The third-order valence-corrected chi connectivity index (χ3v) is 4.17. The average molecular weight is 327 g/mol. The Bertz CT molecular complexity index is 567. The number of benzene rings is 1. The predicted molar refractivity (Wildman–Crippen MR) is 81.5 cm³/mol. The number of β-amino-alcohol motifs (C(OH)–C–C–N with tert-alkyl or cyclic N) is 1. The zero-order valence-electron chi connectivity index (χ0n) is 12.1. The average Bonchev–Trinajstić information content (AvgIpc) is 2.90. The third-order valence-electron chi connectivity index (χ3n) is 3.89. The summed E-state index contributed by atoms with van der Waals surface area (Å²) in [5.41, 5.74) is 0.775. The second-order valence-electron chi connectivity index (χ2n) is 5.57. The molecule has 2 atom stereocenters. The molecule has 7 heteroatoms.